The molecule has 3 N–H and O–H groups in total. The maximum atomic E-state index is 12.8. The number of nitrogens with two attached hydrogens (primary N) is 1. The van der Waals surface area contributed by atoms with E-state index in [0.717, 1.165) is 6.42 Å². The minimum atomic E-state index is -0.388. The van der Waals surface area contributed by atoms with Gasteiger partial charge in [0, 0.05) is 12.1 Å². The summed E-state index contributed by atoms with van der Waals surface area (Å²) >= 11 is 0. The highest BCUT2D eigenvalue weighted by Gasteiger charge is 2.32. The first-order valence-electron chi connectivity index (χ1n) is 5.67. The summed E-state index contributed by atoms with van der Waals surface area (Å²) in [6.45, 7) is 0.553. The molecule has 2 rings (SSSR count). The zero-order valence-electron chi connectivity index (χ0n) is 9.71. The predicted octanol–water partition coefficient (Wildman–Crippen LogP) is 1.18. The van der Waals surface area contributed by atoms with E-state index in [-0.39, 0.29) is 23.6 Å². The fraction of sp³-hybridized carbons (Fsp3) is 0.333. The van der Waals surface area contributed by atoms with Crippen molar-refractivity contribution in [3.05, 3.63) is 35.6 Å². The molecular weight excluding hydrogens is 237 g/mol. The molecule has 0 aliphatic carbocycles. The Kier molecular flexibility index (Phi) is 3.45. The number of rotatable bonds is 2. The Hall–Kier alpha value is -2.11. The molecule has 5 nitrogen and oxygen atoms in total. The second-order valence-electron chi connectivity index (χ2n) is 4.19. The largest absolute Gasteiger partial charge is 0.409 e. The van der Waals surface area contributed by atoms with E-state index in [4.69, 9.17) is 10.9 Å². The van der Waals surface area contributed by atoms with E-state index >= 15 is 0 Å². The van der Waals surface area contributed by atoms with Crippen LogP contribution >= 0.6 is 0 Å². The van der Waals surface area contributed by atoms with Gasteiger partial charge in [-0.3, -0.25) is 4.79 Å². The van der Waals surface area contributed by atoms with Crippen LogP contribution in [-0.2, 0) is 0 Å². The van der Waals surface area contributed by atoms with Gasteiger partial charge in [0.05, 0.1) is 6.04 Å². The number of carbonyl (C=O) groups is 1. The van der Waals surface area contributed by atoms with E-state index in [2.05, 4.69) is 5.16 Å². The number of carbonyl (C=O) groups excluding carboxylic acids is 1. The molecule has 0 saturated carbocycles. The van der Waals surface area contributed by atoms with Crippen molar-refractivity contribution in [1.82, 2.24) is 4.90 Å². The SMILES string of the molecule is NC(=NO)C1CCCN1C(=O)c1ccc(F)cc1. The molecule has 0 bridgehead atoms. The molecule has 18 heavy (non-hydrogen) atoms. The number of amidine groups is 1. The Morgan fingerprint density at radius 3 is 2.72 bits per heavy atom. The summed E-state index contributed by atoms with van der Waals surface area (Å²) in [5, 5.41) is 11.6. The maximum Gasteiger partial charge on any atom is 0.254 e. The van der Waals surface area contributed by atoms with Gasteiger partial charge in [-0.15, -0.1) is 0 Å². The summed E-state index contributed by atoms with van der Waals surface area (Å²) < 4.78 is 12.8. The molecular formula is C12H14FN3O2. The van der Waals surface area contributed by atoms with Crippen LogP contribution in [0.1, 0.15) is 23.2 Å². The Morgan fingerprint density at radius 1 is 1.44 bits per heavy atom. The highest BCUT2D eigenvalue weighted by atomic mass is 19.1. The van der Waals surface area contributed by atoms with Gasteiger partial charge in [0.25, 0.3) is 5.91 Å². The van der Waals surface area contributed by atoms with Gasteiger partial charge >= 0.3 is 0 Å². The number of halogens is 1. The van der Waals surface area contributed by atoms with Crippen molar-refractivity contribution in [3.63, 3.8) is 0 Å². The van der Waals surface area contributed by atoms with Crippen LogP contribution in [0, 0.1) is 5.82 Å². The van der Waals surface area contributed by atoms with Gasteiger partial charge in [0.2, 0.25) is 0 Å². The maximum absolute atomic E-state index is 12.8. The normalized spacial score (nSPS) is 20.2. The Morgan fingerprint density at radius 2 is 2.11 bits per heavy atom. The molecule has 1 fully saturated rings. The molecule has 6 heteroatoms. The van der Waals surface area contributed by atoms with E-state index in [1.54, 1.807) is 4.90 Å². The monoisotopic (exact) mass is 251 g/mol. The number of likely N-dealkylation sites (tertiary alicyclic amines) is 1. The molecule has 1 aliphatic rings. The lowest BCUT2D eigenvalue weighted by atomic mass is 10.1. The van der Waals surface area contributed by atoms with Crippen LogP contribution < -0.4 is 5.73 Å². The number of oxime groups is 1. The standard InChI is InChI=1S/C12H14FN3O2/c13-9-5-3-8(4-6-9)12(17)16-7-1-2-10(16)11(14)15-18/h3-6,10,18H,1-2,7H2,(H2,14,15). The summed E-state index contributed by atoms with van der Waals surface area (Å²) in [5.74, 6) is -0.590. The van der Waals surface area contributed by atoms with Gasteiger partial charge in [-0.05, 0) is 37.1 Å². The van der Waals surface area contributed by atoms with E-state index in [9.17, 15) is 9.18 Å². The van der Waals surface area contributed by atoms with E-state index < -0.39 is 0 Å². The zero-order chi connectivity index (χ0) is 13.1. The van der Waals surface area contributed by atoms with Crippen LogP contribution in [0.25, 0.3) is 0 Å². The van der Waals surface area contributed by atoms with Crippen molar-refractivity contribution in [2.45, 2.75) is 18.9 Å². The van der Waals surface area contributed by atoms with Crippen LogP contribution in [0.15, 0.2) is 29.4 Å². The van der Waals surface area contributed by atoms with Crippen LogP contribution in [-0.4, -0.2) is 34.4 Å². The summed E-state index contributed by atoms with van der Waals surface area (Å²) in [4.78, 5) is 13.7. The van der Waals surface area contributed by atoms with Gasteiger partial charge in [0.15, 0.2) is 5.84 Å². The van der Waals surface area contributed by atoms with Gasteiger partial charge in [0.1, 0.15) is 5.82 Å². The van der Waals surface area contributed by atoms with Crippen LogP contribution in [0.5, 0.6) is 0 Å². The van der Waals surface area contributed by atoms with E-state index in [1.165, 1.54) is 24.3 Å². The third-order valence-electron chi connectivity index (χ3n) is 3.06. The highest BCUT2D eigenvalue weighted by Crippen LogP contribution is 2.20. The molecule has 1 atom stereocenters. The Labute approximate surface area is 104 Å². The summed E-state index contributed by atoms with van der Waals surface area (Å²) in [6, 6.07) is 4.95. The highest BCUT2D eigenvalue weighted by molar-refractivity contribution is 5.98. The number of benzene rings is 1. The predicted molar refractivity (Wildman–Crippen MR) is 63.9 cm³/mol. The lowest BCUT2D eigenvalue weighted by Gasteiger charge is -2.23. The van der Waals surface area contributed by atoms with E-state index in [1.807, 2.05) is 0 Å². The molecule has 0 aromatic heterocycles. The van der Waals surface area contributed by atoms with Crippen molar-refractivity contribution < 1.29 is 14.4 Å². The van der Waals surface area contributed by atoms with Gasteiger partial charge in [-0.1, -0.05) is 5.16 Å². The summed E-state index contributed by atoms with van der Waals surface area (Å²) in [5.41, 5.74) is 5.95. The smallest absolute Gasteiger partial charge is 0.254 e. The first kappa shape index (κ1) is 12.3. The second-order valence-corrected chi connectivity index (χ2v) is 4.19. The lowest BCUT2D eigenvalue weighted by molar-refractivity contribution is 0.0768. The molecule has 1 heterocycles. The second kappa shape index (κ2) is 5.03. The summed E-state index contributed by atoms with van der Waals surface area (Å²) in [6.07, 6.45) is 1.47. The molecule has 1 aliphatic heterocycles. The van der Waals surface area contributed by atoms with Crippen LogP contribution in [0.3, 0.4) is 0 Å². The molecule has 96 valence electrons. The molecule has 1 unspecified atom stereocenters. The van der Waals surface area contributed by atoms with Crippen molar-refractivity contribution >= 4 is 11.7 Å². The molecule has 0 radical (unpaired) electrons. The quantitative estimate of drug-likeness (QED) is 0.358. The van der Waals surface area contributed by atoms with Crippen LogP contribution in [0.2, 0.25) is 0 Å². The number of hydrogen-bond donors (Lipinski definition) is 2. The first-order chi connectivity index (χ1) is 8.63. The average molecular weight is 251 g/mol. The fourth-order valence-electron chi connectivity index (χ4n) is 2.14. The van der Waals surface area contributed by atoms with Crippen molar-refractivity contribution in [2.24, 2.45) is 10.9 Å². The van der Waals surface area contributed by atoms with Crippen molar-refractivity contribution in [1.29, 1.82) is 0 Å². The van der Waals surface area contributed by atoms with Crippen LogP contribution in [0.4, 0.5) is 4.39 Å². The van der Waals surface area contributed by atoms with E-state index in [0.29, 0.717) is 18.5 Å². The zero-order valence-corrected chi connectivity index (χ0v) is 9.71. The minimum absolute atomic E-state index is 0.0305. The third-order valence-corrected chi connectivity index (χ3v) is 3.06. The van der Waals surface area contributed by atoms with Crippen molar-refractivity contribution in [3.8, 4) is 0 Å². The first-order valence-corrected chi connectivity index (χ1v) is 5.67. The summed E-state index contributed by atoms with van der Waals surface area (Å²) in [7, 11) is 0. The number of hydrogen-bond acceptors (Lipinski definition) is 3. The molecule has 0 spiro atoms. The average Bonchev–Trinajstić information content (AvgIpc) is 2.87. The Bertz CT molecular complexity index is 473. The molecule has 1 aromatic carbocycles. The van der Waals surface area contributed by atoms with Gasteiger partial charge < -0.3 is 15.8 Å². The Balaban J connectivity index is 2.20. The van der Waals surface area contributed by atoms with Gasteiger partial charge in [-0.25, -0.2) is 4.39 Å². The third kappa shape index (κ3) is 2.27. The molecule has 1 saturated heterocycles. The fourth-order valence-corrected chi connectivity index (χ4v) is 2.14. The van der Waals surface area contributed by atoms with Gasteiger partial charge in [-0.2, -0.15) is 0 Å². The number of nitrogens with zero attached hydrogens (tertiary/aromatic N) is 2. The topological polar surface area (TPSA) is 78.9 Å². The molecule has 1 amide bonds. The lowest BCUT2D eigenvalue weighted by Crippen LogP contribution is -2.43. The minimum Gasteiger partial charge on any atom is -0.409 e. The number of amides is 1. The molecule has 1 aromatic rings. The van der Waals surface area contributed by atoms with Crippen molar-refractivity contribution in [2.75, 3.05) is 6.54 Å².